The van der Waals surface area contributed by atoms with Crippen LogP contribution in [0.25, 0.3) is 11.2 Å². The monoisotopic (exact) mass is 553 g/mol. The molecule has 1 amide bonds. The van der Waals surface area contributed by atoms with E-state index in [-0.39, 0.29) is 18.9 Å². The smallest absolute Gasteiger partial charge is 0.254 e. The van der Waals surface area contributed by atoms with Gasteiger partial charge in [0.1, 0.15) is 22.9 Å². The van der Waals surface area contributed by atoms with Crippen LogP contribution in [0.1, 0.15) is 86.5 Å². The van der Waals surface area contributed by atoms with Crippen molar-refractivity contribution < 1.29 is 19.7 Å². The molecule has 5 rings (SSSR count). The zero-order valence-electron chi connectivity index (χ0n) is 23.9. The van der Waals surface area contributed by atoms with Crippen LogP contribution in [0.5, 0.6) is 5.75 Å². The second-order valence-electron chi connectivity index (χ2n) is 10.8. The number of nitrogens with zero attached hydrogens (tertiary/aromatic N) is 2. The SMILES string of the molecule is C/C=C(\C=N)c1cc(C(=O)NC2CC2)c(F)cc1C.COc1cc2ncc(C(C)C)n2cc1C1(F)CCNCC1.[HH]. The molecule has 3 heterocycles. The maximum absolute atomic E-state index is 15.4. The number of hydrogen-bond donors (Lipinski definition) is 3. The topological polar surface area (TPSA) is 91.5 Å². The number of allylic oxidation sites excluding steroid dienone is 2. The molecule has 2 fully saturated rings. The molecule has 40 heavy (non-hydrogen) atoms. The summed E-state index contributed by atoms with van der Waals surface area (Å²) in [5.41, 5.74) is 3.37. The van der Waals surface area contributed by atoms with E-state index in [1.54, 1.807) is 20.1 Å². The number of alkyl halides is 1. The van der Waals surface area contributed by atoms with Crippen molar-refractivity contribution in [1.29, 1.82) is 5.41 Å². The lowest BCUT2D eigenvalue weighted by atomic mass is 9.87. The van der Waals surface area contributed by atoms with Gasteiger partial charge in [-0.15, -0.1) is 0 Å². The number of nitrogens with one attached hydrogen (secondary N) is 3. The summed E-state index contributed by atoms with van der Waals surface area (Å²) in [5, 5.41) is 13.3. The lowest BCUT2D eigenvalue weighted by molar-refractivity contribution is 0.0947. The van der Waals surface area contributed by atoms with Gasteiger partial charge in [0, 0.05) is 43.4 Å². The molecule has 1 saturated carbocycles. The van der Waals surface area contributed by atoms with E-state index in [9.17, 15) is 9.18 Å². The summed E-state index contributed by atoms with van der Waals surface area (Å²) in [6, 6.07) is 4.91. The number of hydrogen-bond acceptors (Lipinski definition) is 5. The fraction of sp³-hybridized carbons (Fsp3) is 0.452. The largest absolute Gasteiger partial charge is 0.496 e. The number of carbonyl (C=O) groups excluding carboxylic acids is 1. The average molecular weight is 554 g/mol. The van der Waals surface area contributed by atoms with Gasteiger partial charge in [-0.3, -0.25) is 4.79 Å². The minimum Gasteiger partial charge on any atom is -0.496 e. The third-order valence-corrected chi connectivity index (χ3v) is 7.58. The molecule has 7 nitrogen and oxygen atoms in total. The third kappa shape index (κ3) is 6.25. The zero-order valence-corrected chi connectivity index (χ0v) is 23.9. The first-order valence-electron chi connectivity index (χ1n) is 13.8. The van der Waals surface area contributed by atoms with E-state index in [0.29, 0.717) is 48.7 Å². The van der Waals surface area contributed by atoms with Crippen LogP contribution in [0.3, 0.4) is 0 Å². The summed E-state index contributed by atoms with van der Waals surface area (Å²) in [4.78, 5) is 16.4. The number of fused-ring (bicyclic) bond motifs is 1. The minimum absolute atomic E-state index is 0. The number of pyridine rings is 1. The van der Waals surface area contributed by atoms with Crippen LogP contribution in [0.4, 0.5) is 8.78 Å². The first-order valence-corrected chi connectivity index (χ1v) is 13.8. The standard InChI is InChI=1S/C16H22FN3O.C15H17FN2O.H2/c1-11(2)13-9-19-15-8-14(21-3)12(10-20(13)15)16(17)4-6-18-7-5-16;1-3-10(8-17)12-7-13(14(16)6-9(12)2)15(19)18-11-4-5-11;/h8-11,18H,4-7H2,1-3H3;3,6-8,11,17H,4-5H2,1-2H3,(H,18,19);1H/b;10-3+,17-8?;. The molecule has 0 spiro atoms. The summed E-state index contributed by atoms with van der Waals surface area (Å²) >= 11 is 0. The van der Waals surface area contributed by atoms with Gasteiger partial charge < -0.3 is 25.2 Å². The first-order chi connectivity index (χ1) is 19.1. The van der Waals surface area contributed by atoms with Gasteiger partial charge in [0.2, 0.25) is 0 Å². The van der Waals surface area contributed by atoms with Crippen molar-refractivity contribution in [2.75, 3.05) is 20.2 Å². The van der Waals surface area contributed by atoms with Crippen LogP contribution in [0.15, 0.2) is 36.7 Å². The van der Waals surface area contributed by atoms with Gasteiger partial charge >= 0.3 is 0 Å². The molecule has 3 N–H and O–H groups in total. The lowest BCUT2D eigenvalue weighted by Gasteiger charge is -2.31. The van der Waals surface area contributed by atoms with E-state index in [1.807, 2.05) is 29.8 Å². The summed E-state index contributed by atoms with van der Waals surface area (Å²) in [6.07, 6.45) is 9.59. The Morgan fingerprint density at radius 1 is 1.27 bits per heavy atom. The predicted molar refractivity (Wildman–Crippen MR) is 157 cm³/mol. The Balaban J connectivity index is 0.000000221. The van der Waals surface area contributed by atoms with E-state index in [2.05, 4.69) is 29.5 Å². The molecule has 1 aromatic carbocycles. The van der Waals surface area contributed by atoms with Gasteiger partial charge in [-0.25, -0.2) is 13.8 Å². The lowest BCUT2D eigenvalue weighted by Crippen LogP contribution is -2.37. The van der Waals surface area contributed by atoms with E-state index in [1.165, 1.54) is 18.3 Å². The second kappa shape index (κ2) is 12.3. The Hall–Kier alpha value is -3.59. The van der Waals surface area contributed by atoms with Crippen molar-refractivity contribution in [2.45, 2.75) is 71.0 Å². The van der Waals surface area contributed by atoms with Crippen molar-refractivity contribution in [2.24, 2.45) is 0 Å². The molecule has 0 bridgehead atoms. The number of piperidine rings is 1. The second-order valence-corrected chi connectivity index (χ2v) is 10.8. The van der Waals surface area contributed by atoms with Crippen LogP contribution >= 0.6 is 0 Å². The molecule has 1 aliphatic heterocycles. The fourth-order valence-corrected chi connectivity index (χ4v) is 5.01. The number of amides is 1. The van der Waals surface area contributed by atoms with Crippen molar-refractivity contribution in [1.82, 2.24) is 20.0 Å². The van der Waals surface area contributed by atoms with Crippen molar-refractivity contribution in [3.05, 3.63) is 70.4 Å². The number of benzene rings is 1. The van der Waals surface area contributed by atoms with Gasteiger partial charge in [0.15, 0.2) is 0 Å². The Kier molecular flexibility index (Phi) is 9.03. The molecule has 216 valence electrons. The summed E-state index contributed by atoms with van der Waals surface area (Å²) in [7, 11) is 1.59. The minimum atomic E-state index is -1.33. The highest BCUT2D eigenvalue weighted by Gasteiger charge is 2.37. The van der Waals surface area contributed by atoms with Crippen LogP contribution < -0.4 is 15.4 Å². The van der Waals surface area contributed by atoms with Gasteiger partial charge in [-0.05, 0) is 87.4 Å². The molecule has 1 saturated heterocycles. The first kappa shape index (κ1) is 29.4. The van der Waals surface area contributed by atoms with Crippen LogP contribution in [0.2, 0.25) is 0 Å². The fourth-order valence-electron chi connectivity index (χ4n) is 5.01. The molecule has 1 aliphatic carbocycles. The zero-order chi connectivity index (χ0) is 29.0. The highest BCUT2D eigenvalue weighted by atomic mass is 19.1. The summed E-state index contributed by atoms with van der Waals surface area (Å²) in [6.45, 7) is 9.20. The number of aryl methyl sites for hydroxylation is 1. The van der Waals surface area contributed by atoms with Crippen LogP contribution in [0, 0.1) is 18.2 Å². The van der Waals surface area contributed by atoms with Gasteiger partial charge in [-0.1, -0.05) is 19.9 Å². The molecular weight excluding hydrogens is 512 g/mol. The molecule has 2 aliphatic rings. The molecule has 9 heteroatoms. The Morgan fingerprint density at radius 2 is 1.98 bits per heavy atom. The molecule has 0 atom stereocenters. The maximum atomic E-state index is 15.4. The quantitative estimate of drug-likeness (QED) is 0.298. The number of halogens is 2. The molecular formula is C31H41F2N5O2. The summed E-state index contributed by atoms with van der Waals surface area (Å²) in [5.74, 6) is 0.0409. The van der Waals surface area contributed by atoms with E-state index < -0.39 is 11.5 Å². The number of aromatic nitrogens is 2. The van der Waals surface area contributed by atoms with Crippen molar-refractivity contribution >= 4 is 23.3 Å². The van der Waals surface area contributed by atoms with E-state index >= 15 is 4.39 Å². The molecule has 2 aromatic heterocycles. The van der Waals surface area contributed by atoms with E-state index in [0.717, 1.165) is 35.3 Å². The Bertz CT molecular complexity index is 1430. The average Bonchev–Trinajstić information content (AvgIpc) is 3.65. The number of methoxy groups -OCH3 is 1. The van der Waals surface area contributed by atoms with Crippen molar-refractivity contribution in [3.63, 3.8) is 0 Å². The highest BCUT2D eigenvalue weighted by Crippen LogP contribution is 2.41. The van der Waals surface area contributed by atoms with Gasteiger partial charge in [0.25, 0.3) is 5.91 Å². The van der Waals surface area contributed by atoms with Crippen LogP contribution in [-0.2, 0) is 5.67 Å². The highest BCUT2D eigenvalue weighted by molar-refractivity contribution is 6.09. The molecule has 3 aromatic rings. The predicted octanol–water partition coefficient (Wildman–Crippen LogP) is 6.34. The van der Waals surface area contributed by atoms with Crippen molar-refractivity contribution in [3.8, 4) is 5.75 Å². The third-order valence-electron chi connectivity index (χ3n) is 7.58. The van der Waals surface area contributed by atoms with Gasteiger partial charge in [0.05, 0.1) is 12.7 Å². The Labute approximate surface area is 236 Å². The molecule has 0 unspecified atom stereocenters. The number of imidazole rings is 1. The summed E-state index contributed by atoms with van der Waals surface area (Å²) < 4.78 is 36.7. The van der Waals surface area contributed by atoms with Gasteiger partial charge in [-0.2, -0.15) is 0 Å². The number of carbonyl (C=O) groups is 1. The number of rotatable bonds is 7. The van der Waals surface area contributed by atoms with Crippen LogP contribution in [-0.4, -0.2) is 47.7 Å². The molecule has 0 radical (unpaired) electrons. The number of ether oxygens (including phenoxy) is 1. The maximum Gasteiger partial charge on any atom is 0.254 e. The Morgan fingerprint density at radius 3 is 2.55 bits per heavy atom. The normalized spacial score (nSPS) is 16.9. The van der Waals surface area contributed by atoms with E-state index in [4.69, 9.17) is 10.1 Å².